The molecule has 2 N–H and O–H groups in total. The number of rotatable bonds is 1. The van der Waals surface area contributed by atoms with Crippen molar-refractivity contribution in [3.63, 3.8) is 0 Å². The van der Waals surface area contributed by atoms with Gasteiger partial charge < -0.3 is 4.55 Å². The van der Waals surface area contributed by atoms with Crippen LogP contribution in [0.5, 0.6) is 0 Å². The second kappa shape index (κ2) is 7.53. The van der Waals surface area contributed by atoms with Crippen molar-refractivity contribution in [1.82, 2.24) is 0 Å². The average molecular weight is 330 g/mol. The molecule has 3 nitrogen and oxygen atoms in total. The Morgan fingerprint density at radius 2 is 1.50 bits per heavy atom. The Hall–Kier alpha value is -1.70. The maximum Gasteiger partial charge on any atom is 0.416 e. The van der Waals surface area contributed by atoms with Crippen LogP contribution in [0.4, 0.5) is 13.2 Å². The highest BCUT2D eigenvalue weighted by Gasteiger charge is 2.33. The molecule has 0 aliphatic carbocycles. The molecule has 0 saturated heterocycles. The van der Waals surface area contributed by atoms with E-state index in [1.54, 1.807) is 13.0 Å². The summed E-state index contributed by atoms with van der Waals surface area (Å²) in [5.41, 5.74) is 2.20. The molecule has 7 heteroatoms. The Morgan fingerprint density at radius 1 is 1.00 bits per heavy atom. The van der Waals surface area contributed by atoms with Gasteiger partial charge in [-0.3, -0.25) is 9.35 Å². The minimum atomic E-state index is -4.29. The third kappa shape index (κ3) is 4.94. The van der Waals surface area contributed by atoms with Crippen LogP contribution in [0.2, 0.25) is 0 Å². The van der Waals surface area contributed by atoms with Crippen molar-refractivity contribution in [3.05, 3.63) is 59.2 Å². The fourth-order valence-electron chi connectivity index (χ4n) is 2.06. The number of alkyl halides is 3. The molecule has 0 aliphatic rings. The maximum absolute atomic E-state index is 12.8. The van der Waals surface area contributed by atoms with E-state index in [2.05, 4.69) is 5.14 Å². The van der Waals surface area contributed by atoms with Gasteiger partial charge in [-0.05, 0) is 42.2 Å². The van der Waals surface area contributed by atoms with Crippen LogP contribution in [0.3, 0.4) is 0 Å². The lowest BCUT2D eigenvalue weighted by Crippen LogP contribution is -2.08. The van der Waals surface area contributed by atoms with E-state index in [0.29, 0.717) is 11.1 Å². The van der Waals surface area contributed by atoms with Gasteiger partial charge in [0, 0.05) is 11.3 Å². The zero-order chi connectivity index (χ0) is 16.9. The molecule has 0 bridgehead atoms. The Labute approximate surface area is 129 Å². The lowest BCUT2D eigenvalue weighted by molar-refractivity contribution is -0.138. The van der Waals surface area contributed by atoms with Crippen molar-refractivity contribution >= 4 is 11.3 Å². The van der Waals surface area contributed by atoms with E-state index in [1.165, 1.54) is 6.92 Å². The highest BCUT2D eigenvalue weighted by Crippen LogP contribution is 2.36. The summed E-state index contributed by atoms with van der Waals surface area (Å²) in [5, 5.41) is 4.03. The SMILES string of the molecule is Cc1c(-c2ccccc2)ccc(C(F)(F)F)c1C.NS(=O)[O-]. The standard InChI is InChI=1S/C15H13F3.H3NO2S/c1-10-11(2)14(15(16,17)18)9-8-13(10)12-6-4-3-5-7-12;1-4(2)3/h3-9H,1-2H3;1H2,(H,2,3)/p-1. The largest absolute Gasteiger partial charge is 0.760 e. The topological polar surface area (TPSA) is 66.2 Å². The molecule has 1 unspecified atom stereocenters. The first kappa shape index (κ1) is 18.3. The highest BCUT2D eigenvalue weighted by atomic mass is 32.2. The van der Waals surface area contributed by atoms with Crippen LogP contribution >= 0.6 is 0 Å². The van der Waals surface area contributed by atoms with Crippen molar-refractivity contribution in [2.24, 2.45) is 5.14 Å². The van der Waals surface area contributed by atoms with Crippen molar-refractivity contribution in [1.29, 1.82) is 0 Å². The highest BCUT2D eigenvalue weighted by molar-refractivity contribution is 7.76. The molecule has 0 spiro atoms. The second-order valence-corrected chi connectivity index (χ2v) is 5.06. The number of hydrogen-bond donors (Lipinski definition) is 1. The molecular weight excluding hydrogens is 315 g/mol. The molecule has 2 rings (SSSR count). The van der Waals surface area contributed by atoms with Crippen LogP contribution < -0.4 is 5.14 Å². The molecule has 0 heterocycles. The van der Waals surface area contributed by atoms with Gasteiger partial charge in [0.1, 0.15) is 0 Å². The van der Waals surface area contributed by atoms with Crippen LogP contribution in [0.25, 0.3) is 11.1 Å². The van der Waals surface area contributed by atoms with Gasteiger partial charge in [-0.25, -0.2) is 0 Å². The molecule has 1 atom stereocenters. The quantitative estimate of drug-likeness (QED) is 0.810. The first-order valence-corrected chi connectivity index (χ1v) is 7.35. The summed E-state index contributed by atoms with van der Waals surface area (Å²) in [7, 11) is 0. The van der Waals surface area contributed by atoms with E-state index in [-0.39, 0.29) is 0 Å². The Morgan fingerprint density at radius 3 is 1.95 bits per heavy atom. The molecular formula is C15H15F3NO2S-. The van der Waals surface area contributed by atoms with Gasteiger partial charge in [0.25, 0.3) is 0 Å². The van der Waals surface area contributed by atoms with Crippen molar-refractivity contribution < 1.29 is 21.9 Å². The summed E-state index contributed by atoms with van der Waals surface area (Å²) in [6.07, 6.45) is -4.29. The van der Waals surface area contributed by atoms with Crippen molar-refractivity contribution in [2.45, 2.75) is 20.0 Å². The van der Waals surface area contributed by atoms with E-state index in [9.17, 15) is 13.2 Å². The fourth-order valence-corrected chi connectivity index (χ4v) is 2.06. The first-order valence-electron chi connectivity index (χ1n) is 6.21. The van der Waals surface area contributed by atoms with Crippen LogP contribution in [0.15, 0.2) is 42.5 Å². The summed E-state index contributed by atoms with van der Waals surface area (Å²) in [6.45, 7) is 3.25. The minimum absolute atomic E-state index is 0.295. The molecule has 0 saturated carbocycles. The molecule has 22 heavy (non-hydrogen) atoms. The monoisotopic (exact) mass is 330 g/mol. The van der Waals surface area contributed by atoms with E-state index in [1.807, 2.05) is 30.3 Å². The Kier molecular flexibility index (Phi) is 6.28. The van der Waals surface area contributed by atoms with Gasteiger partial charge in [-0.2, -0.15) is 13.2 Å². The molecule has 0 aromatic heterocycles. The van der Waals surface area contributed by atoms with Crippen molar-refractivity contribution in [2.75, 3.05) is 0 Å². The van der Waals surface area contributed by atoms with E-state index in [0.717, 1.165) is 17.2 Å². The van der Waals surface area contributed by atoms with Gasteiger partial charge in [0.2, 0.25) is 0 Å². The Balaban J connectivity index is 0.000000541. The second-order valence-electron chi connectivity index (χ2n) is 4.53. The van der Waals surface area contributed by atoms with Gasteiger partial charge in [0.05, 0.1) is 5.56 Å². The normalized spacial score (nSPS) is 12.3. The van der Waals surface area contributed by atoms with Gasteiger partial charge in [0.15, 0.2) is 0 Å². The first-order chi connectivity index (χ1) is 10.1. The third-order valence-electron chi connectivity index (χ3n) is 3.18. The summed E-state index contributed by atoms with van der Waals surface area (Å²) in [5.74, 6) is 0. The Bertz CT molecular complexity index is 654. The summed E-state index contributed by atoms with van der Waals surface area (Å²) in [6, 6.07) is 12.1. The predicted molar refractivity (Wildman–Crippen MR) is 79.5 cm³/mol. The smallest absolute Gasteiger partial charge is 0.416 e. The maximum atomic E-state index is 12.8. The molecule has 0 fully saturated rings. The molecule has 0 aliphatic heterocycles. The van der Waals surface area contributed by atoms with Crippen LogP contribution in [0, 0.1) is 13.8 Å². The van der Waals surface area contributed by atoms with Crippen LogP contribution in [-0.4, -0.2) is 8.76 Å². The summed E-state index contributed by atoms with van der Waals surface area (Å²) in [4.78, 5) is 0. The van der Waals surface area contributed by atoms with E-state index >= 15 is 0 Å². The molecule has 0 radical (unpaired) electrons. The molecule has 0 amide bonds. The fraction of sp³-hybridized carbons (Fsp3) is 0.200. The average Bonchev–Trinajstić information content (AvgIpc) is 2.40. The van der Waals surface area contributed by atoms with Crippen molar-refractivity contribution in [3.8, 4) is 11.1 Å². The minimum Gasteiger partial charge on any atom is -0.760 e. The zero-order valence-electron chi connectivity index (χ0n) is 12.0. The van der Waals surface area contributed by atoms with Gasteiger partial charge in [-0.15, -0.1) is 0 Å². The predicted octanol–water partition coefficient (Wildman–Crippen LogP) is 3.73. The number of halogens is 3. The third-order valence-corrected chi connectivity index (χ3v) is 3.18. The summed E-state index contributed by atoms with van der Waals surface area (Å²) < 4.78 is 55.8. The summed E-state index contributed by atoms with van der Waals surface area (Å²) >= 11 is -2.36. The van der Waals surface area contributed by atoms with Gasteiger partial charge in [-0.1, -0.05) is 36.4 Å². The number of hydrogen-bond acceptors (Lipinski definition) is 2. The lowest BCUT2D eigenvalue weighted by Gasteiger charge is -2.15. The van der Waals surface area contributed by atoms with E-state index < -0.39 is 23.0 Å². The van der Waals surface area contributed by atoms with Gasteiger partial charge >= 0.3 is 6.18 Å². The lowest BCUT2D eigenvalue weighted by atomic mass is 9.93. The molecule has 2 aromatic carbocycles. The zero-order valence-corrected chi connectivity index (χ0v) is 12.8. The number of nitrogens with two attached hydrogens (primary N) is 1. The molecule has 120 valence electrons. The number of benzene rings is 2. The molecule has 2 aromatic rings. The van der Waals surface area contributed by atoms with Crippen LogP contribution in [0.1, 0.15) is 16.7 Å². The van der Waals surface area contributed by atoms with E-state index in [4.69, 9.17) is 8.76 Å². The van der Waals surface area contributed by atoms with Crippen LogP contribution in [-0.2, 0) is 17.4 Å².